The van der Waals surface area contributed by atoms with E-state index in [9.17, 15) is 13.2 Å². The van der Waals surface area contributed by atoms with Crippen LogP contribution in [-0.2, 0) is 14.6 Å². The van der Waals surface area contributed by atoms with Gasteiger partial charge in [0, 0.05) is 12.6 Å². The van der Waals surface area contributed by atoms with E-state index < -0.39 is 15.2 Å². The first-order chi connectivity index (χ1) is 7.37. The Labute approximate surface area is 102 Å². The fourth-order valence-corrected chi connectivity index (χ4v) is 3.82. The van der Waals surface area contributed by atoms with Gasteiger partial charge in [-0.05, 0) is 19.8 Å². The first-order valence-electron chi connectivity index (χ1n) is 5.52. The summed E-state index contributed by atoms with van der Waals surface area (Å²) in [5, 5.41) is -0.588. The first-order valence-corrected chi connectivity index (χ1v) is 7.78. The SMILES string of the molecule is CCCN(C(=O)[C@@H](C)Cl)[C@@H]1CCS(=O)(=O)C1. The average molecular weight is 268 g/mol. The van der Waals surface area contributed by atoms with Crippen LogP contribution < -0.4 is 0 Å². The van der Waals surface area contributed by atoms with Crippen molar-refractivity contribution >= 4 is 27.3 Å². The summed E-state index contributed by atoms with van der Waals surface area (Å²) in [6.07, 6.45) is 1.35. The second-order valence-electron chi connectivity index (χ2n) is 4.20. The van der Waals surface area contributed by atoms with Crippen LogP contribution in [0.25, 0.3) is 0 Å². The van der Waals surface area contributed by atoms with Crippen molar-refractivity contribution in [2.24, 2.45) is 0 Å². The molecule has 0 radical (unpaired) electrons. The van der Waals surface area contributed by atoms with Gasteiger partial charge in [0.15, 0.2) is 9.84 Å². The molecule has 0 aromatic carbocycles. The van der Waals surface area contributed by atoms with Gasteiger partial charge in [0.2, 0.25) is 5.91 Å². The van der Waals surface area contributed by atoms with Crippen LogP contribution in [0.2, 0.25) is 0 Å². The van der Waals surface area contributed by atoms with Crippen molar-refractivity contribution in [3.8, 4) is 0 Å². The monoisotopic (exact) mass is 267 g/mol. The van der Waals surface area contributed by atoms with Gasteiger partial charge < -0.3 is 4.90 Å². The molecule has 1 heterocycles. The summed E-state index contributed by atoms with van der Waals surface area (Å²) < 4.78 is 22.7. The smallest absolute Gasteiger partial charge is 0.240 e. The first kappa shape index (κ1) is 13.8. The van der Waals surface area contributed by atoms with Crippen LogP contribution in [-0.4, -0.2) is 48.7 Å². The third-order valence-corrected chi connectivity index (χ3v) is 4.67. The molecule has 94 valence electrons. The molecule has 4 nitrogen and oxygen atoms in total. The van der Waals surface area contributed by atoms with Crippen molar-refractivity contribution in [2.45, 2.75) is 38.1 Å². The molecule has 0 saturated carbocycles. The maximum atomic E-state index is 11.8. The summed E-state index contributed by atoms with van der Waals surface area (Å²) in [7, 11) is -2.95. The number of alkyl halides is 1. The molecule has 0 aromatic rings. The number of rotatable bonds is 4. The number of amides is 1. The van der Waals surface area contributed by atoms with Crippen LogP contribution in [0.15, 0.2) is 0 Å². The Bertz CT molecular complexity index is 353. The van der Waals surface area contributed by atoms with Crippen molar-refractivity contribution in [1.29, 1.82) is 0 Å². The van der Waals surface area contributed by atoms with Crippen LogP contribution in [0.1, 0.15) is 26.7 Å². The fourth-order valence-electron chi connectivity index (χ4n) is 1.96. The van der Waals surface area contributed by atoms with Crippen molar-refractivity contribution in [1.82, 2.24) is 4.90 Å². The van der Waals surface area contributed by atoms with Gasteiger partial charge in [0.25, 0.3) is 0 Å². The number of carbonyl (C=O) groups is 1. The number of sulfone groups is 1. The second kappa shape index (κ2) is 5.36. The Hall–Kier alpha value is -0.290. The van der Waals surface area contributed by atoms with Gasteiger partial charge >= 0.3 is 0 Å². The van der Waals surface area contributed by atoms with E-state index in [1.54, 1.807) is 11.8 Å². The predicted molar refractivity (Wildman–Crippen MR) is 64.4 cm³/mol. The largest absolute Gasteiger partial charge is 0.337 e. The Balaban J connectivity index is 2.75. The van der Waals surface area contributed by atoms with Gasteiger partial charge in [-0.3, -0.25) is 4.79 Å². The van der Waals surface area contributed by atoms with Crippen molar-refractivity contribution in [3.63, 3.8) is 0 Å². The van der Waals surface area contributed by atoms with Crippen molar-refractivity contribution in [2.75, 3.05) is 18.1 Å². The third-order valence-electron chi connectivity index (χ3n) is 2.74. The molecular weight excluding hydrogens is 250 g/mol. The van der Waals surface area contributed by atoms with E-state index in [-0.39, 0.29) is 23.5 Å². The van der Waals surface area contributed by atoms with E-state index in [1.165, 1.54) is 0 Å². The molecule has 1 saturated heterocycles. The fraction of sp³-hybridized carbons (Fsp3) is 0.900. The number of carbonyl (C=O) groups excluding carboxylic acids is 1. The molecule has 1 fully saturated rings. The van der Waals surface area contributed by atoms with Gasteiger partial charge in [-0.1, -0.05) is 6.92 Å². The minimum Gasteiger partial charge on any atom is -0.337 e. The summed E-state index contributed by atoms with van der Waals surface area (Å²) in [6, 6.07) is -0.182. The summed E-state index contributed by atoms with van der Waals surface area (Å²) >= 11 is 5.77. The minimum absolute atomic E-state index is 0.0857. The van der Waals surface area contributed by atoms with Gasteiger partial charge in [-0.15, -0.1) is 11.6 Å². The van der Waals surface area contributed by atoms with E-state index >= 15 is 0 Å². The summed E-state index contributed by atoms with van der Waals surface area (Å²) in [5.41, 5.74) is 0. The van der Waals surface area contributed by atoms with Gasteiger partial charge in [-0.2, -0.15) is 0 Å². The second-order valence-corrected chi connectivity index (χ2v) is 7.09. The molecule has 1 aliphatic heterocycles. The number of hydrogen-bond donors (Lipinski definition) is 0. The molecule has 1 rings (SSSR count). The molecule has 16 heavy (non-hydrogen) atoms. The highest BCUT2D eigenvalue weighted by Gasteiger charge is 2.35. The minimum atomic E-state index is -2.95. The normalized spacial score (nSPS) is 25.3. The Morgan fingerprint density at radius 1 is 1.56 bits per heavy atom. The topological polar surface area (TPSA) is 54.5 Å². The van der Waals surface area contributed by atoms with Crippen LogP contribution >= 0.6 is 11.6 Å². The highest BCUT2D eigenvalue weighted by atomic mass is 35.5. The lowest BCUT2D eigenvalue weighted by molar-refractivity contribution is -0.132. The van der Waals surface area contributed by atoms with Gasteiger partial charge in [0.1, 0.15) is 5.38 Å². The molecule has 0 spiro atoms. The molecule has 0 N–H and O–H groups in total. The zero-order chi connectivity index (χ0) is 12.3. The maximum Gasteiger partial charge on any atom is 0.240 e. The quantitative estimate of drug-likeness (QED) is 0.715. The van der Waals surface area contributed by atoms with Gasteiger partial charge in [-0.25, -0.2) is 8.42 Å². The molecule has 1 amide bonds. The molecular formula is C10H18ClNO3S. The third kappa shape index (κ3) is 3.35. The Kier molecular flexibility index (Phi) is 4.62. The number of hydrogen-bond acceptors (Lipinski definition) is 3. The summed E-state index contributed by atoms with van der Waals surface area (Å²) in [4.78, 5) is 13.5. The van der Waals surface area contributed by atoms with E-state index in [1.807, 2.05) is 6.92 Å². The van der Waals surface area contributed by atoms with Crippen LogP contribution in [0.4, 0.5) is 0 Å². The highest BCUT2D eigenvalue weighted by molar-refractivity contribution is 7.91. The zero-order valence-electron chi connectivity index (χ0n) is 9.65. The lowest BCUT2D eigenvalue weighted by atomic mass is 10.2. The molecule has 0 aliphatic carbocycles. The molecule has 2 atom stereocenters. The van der Waals surface area contributed by atoms with Crippen LogP contribution in [0, 0.1) is 0 Å². The Morgan fingerprint density at radius 3 is 2.56 bits per heavy atom. The molecule has 0 aromatic heterocycles. The molecule has 0 unspecified atom stereocenters. The average Bonchev–Trinajstić information content (AvgIpc) is 2.54. The molecule has 1 aliphatic rings. The van der Waals surface area contributed by atoms with E-state index in [4.69, 9.17) is 11.6 Å². The predicted octanol–water partition coefficient (Wildman–Crippen LogP) is 1.04. The van der Waals surface area contributed by atoms with Crippen LogP contribution in [0.3, 0.4) is 0 Å². The van der Waals surface area contributed by atoms with E-state index in [0.717, 1.165) is 6.42 Å². The molecule has 0 bridgehead atoms. The lowest BCUT2D eigenvalue weighted by Crippen LogP contribution is -2.44. The summed E-state index contributed by atoms with van der Waals surface area (Å²) in [6.45, 7) is 4.16. The highest BCUT2D eigenvalue weighted by Crippen LogP contribution is 2.19. The molecule has 6 heteroatoms. The van der Waals surface area contributed by atoms with Crippen molar-refractivity contribution < 1.29 is 13.2 Å². The van der Waals surface area contributed by atoms with Gasteiger partial charge in [0.05, 0.1) is 11.5 Å². The van der Waals surface area contributed by atoms with Crippen molar-refractivity contribution in [3.05, 3.63) is 0 Å². The number of nitrogens with zero attached hydrogens (tertiary/aromatic N) is 1. The van der Waals surface area contributed by atoms with Crippen LogP contribution in [0.5, 0.6) is 0 Å². The zero-order valence-corrected chi connectivity index (χ0v) is 11.2. The standard InChI is InChI=1S/C10H18ClNO3S/c1-3-5-12(10(13)8(2)11)9-4-6-16(14,15)7-9/h8-9H,3-7H2,1-2H3/t8-,9-/m1/s1. The lowest BCUT2D eigenvalue weighted by Gasteiger charge is -2.28. The summed E-state index contributed by atoms with van der Waals surface area (Å²) in [5.74, 6) is 0.107. The maximum absolute atomic E-state index is 11.8. The number of halogens is 1. The van der Waals surface area contributed by atoms with E-state index in [2.05, 4.69) is 0 Å². The van der Waals surface area contributed by atoms with E-state index in [0.29, 0.717) is 13.0 Å². The Morgan fingerprint density at radius 2 is 2.19 bits per heavy atom.